The van der Waals surface area contributed by atoms with E-state index in [0.29, 0.717) is 6.54 Å². The first-order valence-electron chi connectivity index (χ1n) is 6.62. The fourth-order valence-corrected chi connectivity index (χ4v) is 2.50. The minimum Gasteiger partial charge on any atom is -0.330 e. The van der Waals surface area contributed by atoms with E-state index in [1.54, 1.807) is 12.1 Å². The molecular weight excluding hydrogens is 227 g/mol. The van der Waals surface area contributed by atoms with Crippen LogP contribution in [-0.2, 0) is 6.54 Å². The lowest BCUT2D eigenvalue weighted by Gasteiger charge is -2.32. The summed E-state index contributed by atoms with van der Waals surface area (Å²) in [5, 5.41) is 0. The van der Waals surface area contributed by atoms with Gasteiger partial charge in [0.1, 0.15) is 5.82 Å². The molecule has 0 fully saturated rings. The molecule has 0 saturated carbocycles. The molecule has 0 amide bonds. The number of nitrogens with two attached hydrogens (primary N) is 1. The maximum atomic E-state index is 13.1. The molecular formula is C15H25FN2. The Labute approximate surface area is 110 Å². The van der Waals surface area contributed by atoms with Crippen LogP contribution in [0.5, 0.6) is 0 Å². The SMILES string of the molecule is CCCC(C)(CN)CN(C)Cc1cccc(F)c1. The number of halogens is 1. The number of rotatable bonds is 7. The summed E-state index contributed by atoms with van der Waals surface area (Å²) in [5.74, 6) is -0.170. The predicted molar refractivity (Wildman–Crippen MR) is 74.8 cm³/mol. The Balaban J connectivity index is 2.57. The zero-order valence-electron chi connectivity index (χ0n) is 11.7. The minimum atomic E-state index is -0.170. The van der Waals surface area contributed by atoms with E-state index in [0.717, 1.165) is 31.5 Å². The van der Waals surface area contributed by atoms with Crippen molar-refractivity contribution in [2.24, 2.45) is 11.1 Å². The van der Waals surface area contributed by atoms with E-state index >= 15 is 0 Å². The average molecular weight is 252 g/mol. The van der Waals surface area contributed by atoms with Gasteiger partial charge in [0.2, 0.25) is 0 Å². The first-order chi connectivity index (χ1) is 8.49. The smallest absolute Gasteiger partial charge is 0.123 e. The Bertz CT molecular complexity index is 367. The second kappa shape index (κ2) is 6.86. The molecule has 1 atom stereocenters. The summed E-state index contributed by atoms with van der Waals surface area (Å²) < 4.78 is 13.1. The van der Waals surface area contributed by atoms with Crippen molar-refractivity contribution in [1.29, 1.82) is 0 Å². The fourth-order valence-electron chi connectivity index (χ4n) is 2.50. The molecule has 0 aromatic heterocycles. The normalized spacial score (nSPS) is 14.8. The third kappa shape index (κ3) is 4.75. The van der Waals surface area contributed by atoms with E-state index in [9.17, 15) is 4.39 Å². The topological polar surface area (TPSA) is 29.3 Å². The highest BCUT2D eigenvalue weighted by molar-refractivity contribution is 5.16. The van der Waals surface area contributed by atoms with Gasteiger partial charge in [-0.2, -0.15) is 0 Å². The first kappa shape index (κ1) is 15.1. The highest BCUT2D eigenvalue weighted by Gasteiger charge is 2.23. The zero-order chi connectivity index (χ0) is 13.6. The van der Waals surface area contributed by atoms with Crippen molar-refractivity contribution >= 4 is 0 Å². The molecule has 0 radical (unpaired) electrons. The molecule has 2 nitrogen and oxygen atoms in total. The molecule has 1 aromatic carbocycles. The third-order valence-corrected chi connectivity index (χ3v) is 3.34. The van der Waals surface area contributed by atoms with Crippen LogP contribution in [0.25, 0.3) is 0 Å². The Kier molecular flexibility index (Phi) is 5.76. The van der Waals surface area contributed by atoms with Crippen LogP contribution < -0.4 is 5.73 Å². The van der Waals surface area contributed by atoms with Crippen molar-refractivity contribution in [1.82, 2.24) is 4.90 Å². The molecule has 0 aliphatic rings. The molecule has 102 valence electrons. The summed E-state index contributed by atoms with van der Waals surface area (Å²) in [4.78, 5) is 2.22. The molecule has 1 rings (SSSR count). The molecule has 0 aliphatic carbocycles. The van der Waals surface area contributed by atoms with Gasteiger partial charge in [0.05, 0.1) is 0 Å². The number of benzene rings is 1. The molecule has 0 aliphatic heterocycles. The molecule has 3 heteroatoms. The molecule has 1 aromatic rings. The van der Waals surface area contributed by atoms with Crippen LogP contribution in [0.1, 0.15) is 32.3 Å². The number of hydrogen-bond acceptors (Lipinski definition) is 2. The van der Waals surface area contributed by atoms with Crippen molar-refractivity contribution in [2.45, 2.75) is 33.2 Å². The van der Waals surface area contributed by atoms with Gasteiger partial charge >= 0.3 is 0 Å². The van der Waals surface area contributed by atoms with Crippen LogP contribution in [0.3, 0.4) is 0 Å². The van der Waals surface area contributed by atoms with E-state index in [4.69, 9.17) is 5.73 Å². The molecule has 18 heavy (non-hydrogen) atoms. The lowest BCUT2D eigenvalue weighted by molar-refractivity contribution is 0.179. The van der Waals surface area contributed by atoms with Crippen LogP contribution in [0.4, 0.5) is 4.39 Å². The van der Waals surface area contributed by atoms with Gasteiger partial charge < -0.3 is 10.6 Å². The molecule has 0 saturated heterocycles. The largest absolute Gasteiger partial charge is 0.330 e. The van der Waals surface area contributed by atoms with Crippen LogP contribution in [0.15, 0.2) is 24.3 Å². The Hall–Kier alpha value is -0.930. The van der Waals surface area contributed by atoms with Crippen molar-refractivity contribution in [3.63, 3.8) is 0 Å². The minimum absolute atomic E-state index is 0.150. The van der Waals surface area contributed by atoms with Crippen LogP contribution in [-0.4, -0.2) is 25.0 Å². The number of hydrogen-bond donors (Lipinski definition) is 1. The van der Waals surface area contributed by atoms with Crippen LogP contribution >= 0.6 is 0 Å². The van der Waals surface area contributed by atoms with Gasteiger partial charge in [0, 0.05) is 13.1 Å². The standard InChI is InChI=1S/C15H25FN2/c1-4-8-15(2,11-17)12-18(3)10-13-6-5-7-14(16)9-13/h5-7,9H,4,8,10-12,17H2,1-3H3. The molecule has 1 unspecified atom stereocenters. The van der Waals surface area contributed by atoms with Crippen LogP contribution in [0.2, 0.25) is 0 Å². The van der Waals surface area contributed by atoms with Crippen molar-refractivity contribution < 1.29 is 4.39 Å². The zero-order valence-corrected chi connectivity index (χ0v) is 11.7. The maximum Gasteiger partial charge on any atom is 0.123 e. The third-order valence-electron chi connectivity index (χ3n) is 3.34. The van der Waals surface area contributed by atoms with Gasteiger partial charge in [-0.05, 0) is 43.1 Å². The van der Waals surface area contributed by atoms with Crippen molar-refractivity contribution in [3.8, 4) is 0 Å². The second-order valence-electron chi connectivity index (χ2n) is 5.57. The van der Waals surface area contributed by atoms with E-state index in [1.165, 1.54) is 6.07 Å². The molecule has 2 N–H and O–H groups in total. The fraction of sp³-hybridized carbons (Fsp3) is 0.600. The Morgan fingerprint density at radius 3 is 2.67 bits per heavy atom. The van der Waals surface area contributed by atoms with Gasteiger partial charge in [-0.3, -0.25) is 0 Å². The van der Waals surface area contributed by atoms with Gasteiger partial charge in [0.15, 0.2) is 0 Å². The lowest BCUT2D eigenvalue weighted by atomic mass is 9.85. The van der Waals surface area contributed by atoms with E-state index < -0.39 is 0 Å². The van der Waals surface area contributed by atoms with E-state index in [1.807, 2.05) is 6.07 Å². The number of nitrogens with zero attached hydrogens (tertiary/aromatic N) is 1. The summed E-state index contributed by atoms with van der Waals surface area (Å²) in [7, 11) is 2.06. The monoisotopic (exact) mass is 252 g/mol. The van der Waals surface area contributed by atoms with Crippen molar-refractivity contribution in [2.75, 3.05) is 20.1 Å². The van der Waals surface area contributed by atoms with Gasteiger partial charge in [0.25, 0.3) is 0 Å². The first-order valence-corrected chi connectivity index (χ1v) is 6.62. The quantitative estimate of drug-likeness (QED) is 0.808. The molecule has 0 spiro atoms. The summed E-state index contributed by atoms with van der Waals surface area (Å²) >= 11 is 0. The molecule has 0 heterocycles. The highest BCUT2D eigenvalue weighted by atomic mass is 19.1. The Morgan fingerprint density at radius 2 is 2.11 bits per heavy atom. The Morgan fingerprint density at radius 1 is 1.39 bits per heavy atom. The summed E-state index contributed by atoms with van der Waals surface area (Å²) in [6, 6.07) is 6.78. The summed E-state index contributed by atoms with van der Waals surface area (Å²) in [6.07, 6.45) is 2.26. The summed E-state index contributed by atoms with van der Waals surface area (Å²) in [6.45, 7) is 6.79. The van der Waals surface area contributed by atoms with Gasteiger partial charge in [-0.15, -0.1) is 0 Å². The van der Waals surface area contributed by atoms with Gasteiger partial charge in [-0.25, -0.2) is 4.39 Å². The van der Waals surface area contributed by atoms with Crippen LogP contribution in [0, 0.1) is 11.2 Å². The second-order valence-corrected chi connectivity index (χ2v) is 5.57. The van der Waals surface area contributed by atoms with E-state index in [2.05, 4.69) is 25.8 Å². The lowest BCUT2D eigenvalue weighted by Crippen LogP contribution is -2.38. The van der Waals surface area contributed by atoms with E-state index in [-0.39, 0.29) is 11.2 Å². The highest BCUT2D eigenvalue weighted by Crippen LogP contribution is 2.23. The average Bonchev–Trinajstić information content (AvgIpc) is 2.29. The van der Waals surface area contributed by atoms with Crippen molar-refractivity contribution in [3.05, 3.63) is 35.6 Å². The maximum absolute atomic E-state index is 13.1. The van der Waals surface area contributed by atoms with Gasteiger partial charge in [-0.1, -0.05) is 32.4 Å². The summed E-state index contributed by atoms with van der Waals surface area (Å²) in [5.41, 5.74) is 7.03. The predicted octanol–water partition coefficient (Wildman–Crippen LogP) is 3.02. The molecule has 0 bridgehead atoms.